The fraction of sp³-hybridized carbons (Fsp3) is 0.440. The third kappa shape index (κ3) is 13.1. The summed E-state index contributed by atoms with van der Waals surface area (Å²) in [6.07, 6.45) is -0.319. The van der Waals surface area contributed by atoms with Gasteiger partial charge in [-0.25, -0.2) is 9.59 Å². The molecule has 0 unspecified atom stereocenters. The van der Waals surface area contributed by atoms with Crippen molar-refractivity contribution in [3.8, 4) is 0 Å². The molecule has 4 saturated heterocycles. The molecule has 4 aromatic rings. The van der Waals surface area contributed by atoms with Crippen LogP contribution in [0.2, 0.25) is 0 Å². The second-order valence-corrected chi connectivity index (χ2v) is 16.2. The number of carbonyl (C=O) groups is 4. The van der Waals surface area contributed by atoms with Gasteiger partial charge in [-0.3, -0.25) is 9.59 Å². The SMILES string of the molecule is CCOC(=O)Cl.CCOC(=O)OC[C@@H]1[C@@H](CCOCc2ccccc2)C(=O)N2[C@H](c3ccccc3)OC[C@@H]12.O=C1[C@H](CCOCc2ccccc2)[C@@H](CO)[C@@H]2CO[C@@H](c3ccccc3)N12. The molecular formula is C50H59ClN2O12. The maximum Gasteiger partial charge on any atom is 0.508 e. The lowest BCUT2D eigenvalue weighted by Crippen LogP contribution is -2.34. The predicted molar refractivity (Wildman–Crippen MR) is 240 cm³/mol. The fourth-order valence-corrected chi connectivity index (χ4v) is 8.95. The van der Waals surface area contributed by atoms with Gasteiger partial charge < -0.3 is 48.1 Å². The first-order chi connectivity index (χ1) is 31.7. The van der Waals surface area contributed by atoms with Gasteiger partial charge in [0.1, 0.15) is 6.61 Å². The Morgan fingerprint density at radius 2 is 1.03 bits per heavy atom. The zero-order chi connectivity index (χ0) is 46.0. The summed E-state index contributed by atoms with van der Waals surface area (Å²) >= 11 is 4.72. The van der Waals surface area contributed by atoms with E-state index in [1.54, 1.807) is 13.8 Å². The van der Waals surface area contributed by atoms with Crippen LogP contribution in [0.4, 0.5) is 9.59 Å². The van der Waals surface area contributed by atoms with Crippen LogP contribution < -0.4 is 0 Å². The summed E-state index contributed by atoms with van der Waals surface area (Å²) in [5.41, 5.74) is 3.38. The number of ether oxygens (including phenoxy) is 7. The molecule has 4 fully saturated rings. The van der Waals surface area contributed by atoms with E-state index >= 15 is 0 Å². The van der Waals surface area contributed by atoms with Crippen molar-refractivity contribution < 1.29 is 57.4 Å². The first-order valence-electron chi connectivity index (χ1n) is 22.2. The number of hydrogen-bond donors (Lipinski definition) is 1. The van der Waals surface area contributed by atoms with E-state index in [2.05, 4.69) is 4.74 Å². The average Bonchev–Trinajstić information content (AvgIpc) is 4.09. The number of carbonyl (C=O) groups excluding carboxylic acids is 4. The molecule has 0 aromatic heterocycles. The van der Waals surface area contributed by atoms with Crippen molar-refractivity contribution in [3.05, 3.63) is 144 Å². The molecule has 65 heavy (non-hydrogen) atoms. The smallest absolute Gasteiger partial charge is 0.454 e. The highest BCUT2D eigenvalue weighted by atomic mass is 35.5. The maximum absolute atomic E-state index is 13.4. The van der Waals surface area contributed by atoms with Crippen LogP contribution in [0, 0.1) is 23.7 Å². The van der Waals surface area contributed by atoms with Gasteiger partial charge >= 0.3 is 11.6 Å². The number of halogens is 1. The molecule has 348 valence electrons. The molecule has 0 spiro atoms. The van der Waals surface area contributed by atoms with Gasteiger partial charge in [-0.1, -0.05) is 121 Å². The Balaban J connectivity index is 0.000000193. The lowest BCUT2D eigenvalue weighted by Gasteiger charge is -2.23. The second kappa shape index (κ2) is 25.4. The summed E-state index contributed by atoms with van der Waals surface area (Å²) in [5.74, 6) is -0.727. The van der Waals surface area contributed by atoms with Gasteiger partial charge in [0, 0.05) is 66.2 Å². The Kier molecular flexibility index (Phi) is 19.2. The van der Waals surface area contributed by atoms with Crippen LogP contribution >= 0.6 is 11.6 Å². The first kappa shape index (κ1) is 49.1. The summed E-state index contributed by atoms with van der Waals surface area (Å²) < 4.78 is 37.9. The zero-order valence-corrected chi connectivity index (χ0v) is 37.6. The molecule has 4 heterocycles. The van der Waals surface area contributed by atoms with Crippen molar-refractivity contribution in [1.29, 1.82) is 0 Å². The van der Waals surface area contributed by atoms with E-state index in [1.807, 2.05) is 131 Å². The Morgan fingerprint density at radius 1 is 0.615 bits per heavy atom. The summed E-state index contributed by atoms with van der Waals surface area (Å²) in [6, 6.07) is 39.2. The number of fused-ring (bicyclic) bond motifs is 2. The molecule has 0 radical (unpaired) electrons. The standard InChI is InChI=1S/C25H29NO6.C22H25NO4.C3H5ClO2/c1-2-30-25(28)32-16-21-20(13-14-29-15-18-9-5-3-6-10-18)23(27)26-22(21)17-31-24(26)19-11-7-4-8-12-19;24-13-19-18(11-12-26-14-16-7-3-1-4-8-16)21(25)23-20(19)15-27-22(23)17-9-5-2-6-10-17;1-2-6-3(4)5/h3-12,20-22,24H,2,13-17H2,1H3;1-10,18-20,22,24H,11-15H2;2H2,1H3/t20-,21-,22+,24+;18-,19-,20+,22+;/m11./s1. The van der Waals surface area contributed by atoms with Crippen molar-refractivity contribution in [1.82, 2.24) is 9.80 Å². The Labute approximate surface area is 385 Å². The van der Waals surface area contributed by atoms with Crippen molar-refractivity contribution in [2.45, 2.75) is 64.4 Å². The van der Waals surface area contributed by atoms with Crippen LogP contribution in [0.3, 0.4) is 0 Å². The topological polar surface area (TPSA) is 160 Å². The van der Waals surface area contributed by atoms with Crippen molar-refractivity contribution in [2.24, 2.45) is 23.7 Å². The van der Waals surface area contributed by atoms with E-state index in [4.69, 9.17) is 40.0 Å². The summed E-state index contributed by atoms with van der Waals surface area (Å²) in [7, 11) is 0. The van der Waals surface area contributed by atoms with Crippen LogP contribution in [-0.2, 0) is 56.0 Å². The lowest BCUT2D eigenvalue weighted by molar-refractivity contribution is -0.139. The summed E-state index contributed by atoms with van der Waals surface area (Å²) in [4.78, 5) is 51.5. The third-order valence-electron chi connectivity index (χ3n) is 11.9. The van der Waals surface area contributed by atoms with Gasteiger partial charge in [-0.05, 0) is 37.8 Å². The highest BCUT2D eigenvalue weighted by Gasteiger charge is 2.55. The number of aliphatic hydroxyl groups excluding tert-OH is 1. The molecule has 4 aliphatic heterocycles. The van der Waals surface area contributed by atoms with E-state index in [-0.39, 0.29) is 73.6 Å². The highest BCUT2D eigenvalue weighted by Crippen LogP contribution is 2.45. The highest BCUT2D eigenvalue weighted by molar-refractivity contribution is 6.61. The molecule has 8 rings (SSSR count). The zero-order valence-electron chi connectivity index (χ0n) is 36.9. The molecular weight excluding hydrogens is 856 g/mol. The number of rotatable bonds is 17. The first-order valence-corrected chi connectivity index (χ1v) is 22.6. The van der Waals surface area contributed by atoms with Crippen LogP contribution in [0.5, 0.6) is 0 Å². The Bertz CT molecular complexity index is 2070. The molecule has 0 aliphatic carbocycles. The molecule has 15 heteroatoms. The molecule has 4 aromatic carbocycles. The number of nitrogens with zero attached hydrogens (tertiary/aromatic N) is 2. The molecule has 14 nitrogen and oxygen atoms in total. The maximum atomic E-state index is 13.4. The minimum absolute atomic E-state index is 0.0128. The van der Waals surface area contributed by atoms with E-state index in [1.165, 1.54) is 0 Å². The molecule has 0 bridgehead atoms. The van der Waals surface area contributed by atoms with Crippen molar-refractivity contribution in [2.75, 3.05) is 52.9 Å². The third-order valence-corrected chi connectivity index (χ3v) is 12.0. The molecule has 0 saturated carbocycles. The van der Waals surface area contributed by atoms with Crippen molar-refractivity contribution >= 4 is 35.0 Å². The largest absolute Gasteiger partial charge is 0.508 e. The number of aliphatic hydroxyl groups is 1. The van der Waals surface area contributed by atoms with Crippen LogP contribution in [0.1, 0.15) is 61.4 Å². The Hall–Kier alpha value is -5.35. The van der Waals surface area contributed by atoms with Gasteiger partial charge in [0.25, 0.3) is 0 Å². The van der Waals surface area contributed by atoms with Crippen LogP contribution in [0.25, 0.3) is 0 Å². The normalized spacial score (nSPS) is 24.0. The molecule has 4 aliphatic rings. The van der Waals surface area contributed by atoms with E-state index in [9.17, 15) is 24.3 Å². The van der Waals surface area contributed by atoms with E-state index in [0.29, 0.717) is 59.1 Å². The monoisotopic (exact) mass is 914 g/mol. The summed E-state index contributed by atoms with van der Waals surface area (Å²) in [5, 5.41) is 9.92. The lowest BCUT2D eigenvalue weighted by atomic mass is 9.89. The predicted octanol–water partition coefficient (Wildman–Crippen LogP) is 8.08. The number of hydrogen-bond acceptors (Lipinski definition) is 12. The number of amides is 2. The van der Waals surface area contributed by atoms with Gasteiger partial charge in [-0.2, -0.15) is 0 Å². The van der Waals surface area contributed by atoms with Gasteiger partial charge in [0.15, 0.2) is 12.5 Å². The van der Waals surface area contributed by atoms with Crippen molar-refractivity contribution in [3.63, 3.8) is 0 Å². The molecule has 1 N–H and O–H groups in total. The van der Waals surface area contributed by atoms with E-state index in [0.717, 1.165) is 22.3 Å². The average molecular weight is 915 g/mol. The summed E-state index contributed by atoms with van der Waals surface area (Å²) in [6.45, 7) is 6.96. The minimum Gasteiger partial charge on any atom is -0.454 e. The molecule has 2 amide bonds. The minimum atomic E-state index is -0.738. The van der Waals surface area contributed by atoms with Gasteiger partial charge in [0.05, 0.1) is 51.7 Å². The van der Waals surface area contributed by atoms with Gasteiger partial charge in [0.2, 0.25) is 11.8 Å². The van der Waals surface area contributed by atoms with Gasteiger partial charge in [-0.15, -0.1) is 0 Å². The number of benzene rings is 4. The fourth-order valence-electron chi connectivity index (χ4n) is 8.84. The Morgan fingerprint density at radius 3 is 1.43 bits per heavy atom. The quantitative estimate of drug-likeness (QED) is 0.0618. The van der Waals surface area contributed by atoms with Crippen LogP contribution in [0.15, 0.2) is 121 Å². The van der Waals surface area contributed by atoms with E-state index < -0.39 is 17.8 Å². The van der Waals surface area contributed by atoms with Crippen LogP contribution in [-0.4, -0.2) is 103 Å². The second-order valence-electron chi connectivity index (χ2n) is 15.9. The molecule has 8 atom stereocenters.